The van der Waals surface area contributed by atoms with Gasteiger partial charge in [-0.1, -0.05) is 13.8 Å². The van der Waals surface area contributed by atoms with Gasteiger partial charge in [-0.05, 0) is 50.8 Å². The van der Waals surface area contributed by atoms with Crippen LogP contribution < -0.4 is 10.2 Å². The summed E-state index contributed by atoms with van der Waals surface area (Å²) in [4.78, 5) is 29.0. The van der Waals surface area contributed by atoms with Crippen LogP contribution in [0.5, 0.6) is 0 Å². The number of carbonyl (C=O) groups is 2. The van der Waals surface area contributed by atoms with Crippen molar-refractivity contribution in [2.24, 2.45) is 5.92 Å². The zero-order valence-electron chi connectivity index (χ0n) is 19.9. The maximum atomic E-state index is 13.1. The molecule has 184 valence electrons. The summed E-state index contributed by atoms with van der Waals surface area (Å²) in [6.45, 7) is 9.16. The van der Waals surface area contributed by atoms with Crippen molar-refractivity contribution < 1.29 is 22.7 Å². The minimum Gasteiger partial charge on any atom is -0.450 e. The summed E-state index contributed by atoms with van der Waals surface area (Å²) in [5.74, 6) is -0.388. The number of anilines is 2. The molecule has 0 radical (unpaired) electrons. The number of piperidine rings is 1. The number of carbonyl (C=O) groups excluding carboxylic acids is 2. The van der Waals surface area contributed by atoms with Crippen LogP contribution in [0.3, 0.4) is 0 Å². The van der Waals surface area contributed by atoms with E-state index < -0.39 is 10.0 Å². The zero-order chi connectivity index (χ0) is 24.0. The fraction of sp³-hybridized carbons (Fsp3) is 0.652. The van der Waals surface area contributed by atoms with Crippen LogP contribution in [0.25, 0.3) is 0 Å². The summed E-state index contributed by atoms with van der Waals surface area (Å²) in [6.07, 6.45) is 2.88. The number of nitrogens with zero attached hydrogens (tertiary/aromatic N) is 3. The maximum absolute atomic E-state index is 13.1. The van der Waals surface area contributed by atoms with Crippen molar-refractivity contribution in [2.45, 2.75) is 51.3 Å². The van der Waals surface area contributed by atoms with Gasteiger partial charge in [0.25, 0.3) is 0 Å². The Morgan fingerprint density at radius 2 is 1.70 bits per heavy atom. The molecule has 2 saturated heterocycles. The van der Waals surface area contributed by atoms with Gasteiger partial charge in [-0.2, -0.15) is 4.31 Å². The largest absolute Gasteiger partial charge is 0.450 e. The average molecular weight is 481 g/mol. The van der Waals surface area contributed by atoms with Gasteiger partial charge >= 0.3 is 6.09 Å². The molecule has 0 atom stereocenters. The van der Waals surface area contributed by atoms with Crippen LogP contribution >= 0.6 is 0 Å². The summed E-state index contributed by atoms with van der Waals surface area (Å²) < 4.78 is 32.6. The molecule has 0 saturated carbocycles. The lowest BCUT2D eigenvalue weighted by molar-refractivity contribution is -0.121. The van der Waals surface area contributed by atoms with Gasteiger partial charge in [-0.25, -0.2) is 13.2 Å². The highest BCUT2D eigenvalue weighted by atomic mass is 32.2. The highest BCUT2D eigenvalue weighted by Gasteiger charge is 2.30. The van der Waals surface area contributed by atoms with Crippen LogP contribution in [0.1, 0.15) is 46.5 Å². The molecule has 1 aromatic carbocycles. The van der Waals surface area contributed by atoms with Crippen LogP contribution in [-0.2, 0) is 19.6 Å². The molecule has 2 aliphatic rings. The Morgan fingerprint density at radius 1 is 1.06 bits per heavy atom. The lowest BCUT2D eigenvalue weighted by atomic mass is 9.96. The van der Waals surface area contributed by atoms with Gasteiger partial charge in [0.15, 0.2) is 0 Å². The quantitative estimate of drug-likeness (QED) is 0.614. The van der Waals surface area contributed by atoms with Crippen LogP contribution in [0.4, 0.5) is 16.2 Å². The first-order valence-electron chi connectivity index (χ1n) is 11.9. The Morgan fingerprint density at radius 3 is 2.27 bits per heavy atom. The molecule has 0 unspecified atom stereocenters. The lowest BCUT2D eigenvalue weighted by Crippen LogP contribution is -2.41. The molecule has 2 aliphatic heterocycles. The summed E-state index contributed by atoms with van der Waals surface area (Å²) in [5, 5.41) is 3.02. The highest BCUT2D eigenvalue weighted by molar-refractivity contribution is 7.89. The normalized spacial score (nSPS) is 17.5. The minimum atomic E-state index is -3.64. The summed E-state index contributed by atoms with van der Waals surface area (Å²) >= 11 is 0. The first-order chi connectivity index (χ1) is 15.8. The third kappa shape index (κ3) is 5.78. The molecule has 0 aromatic heterocycles. The topological polar surface area (TPSA) is 99.3 Å². The van der Waals surface area contributed by atoms with Crippen molar-refractivity contribution in [1.82, 2.24) is 9.21 Å². The molecule has 2 fully saturated rings. The van der Waals surface area contributed by atoms with Crippen molar-refractivity contribution in [1.29, 1.82) is 0 Å². The van der Waals surface area contributed by atoms with E-state index in [-0.39, 0.29) is 22.8 Å². The predicted molar refractivity (Wildman–Crippen MR) is 128 cm³/mol. The van der Waals surface area contributed by atoms with Gasteiger partial charge in [-0.3, -0.25) is 4.79 Å². The van der Waals surface area contributed by atoms with E-state index in [0.717, 1.165) is 31.6 Å². The van der Waals surface area contributed by atoms with Gasteiger partial charge in [0, 0.05) is 45.2 Å². The van der Waals surface area contributed by atoms with Crippen molar-refractivity contribution >= 4 is 33.4 Å². The van der Waals surface area contributed by atoms with Crippen molar-refractivity contribution in [2.75, 3.05) is 56.1 Å². The number of ether oxygens (including phenoxy) is 1. The number of amides is 2. The standard InChI is InChI=1S/C23H36N4O5S/c1-4-27(5-2)33(30,31)19-9-10-21(25-13-7-8-14-25)20(17-19)24-22(28)18-11-15-26(16-12-18)23(29)32-6-3/h9-10,17-18H,4-8,11-16H2,1-3H3,(H,24,28). The molecule has 2 heterocycles. The molecule has 1 N–H and O–H groups in total. The molecular weight excluding hydrogens is 444 g/mol. The van der Waals surface area contributed by atoms with E-state index in [2.05, 4.69) is 10.2 Å². The predicted octanol–water partition coefficient (Wildman–Crippen LogP) is 3.12. The average Bonchev–Trinajstić information content (AvgIpc) is 3.34. The van der Waals surface area contributed by atoms with Crippen molar-refractivity contribution in [3.8, 4) is 0 Å². The molecule has 2 amide bonds. The molecular formula is C23H36N4O5S. The van der Waals surface area contributed by atoms with Crippen molar-refractivity contribution in [3.63, 3.8) is 0 Å². The summed E-state index contributed by atoms with van der Waals surface area (Å²) in [7, 11) is -3.64. The molecule has 10 heteroatoms. The first-order valence-corrected chi connectivity index (χ1v) is 13.4. The van der Waals surface area contributed by atoms with E-state index in [1.807, 2.05) is 13.8 Å². The molecule has 0 spiro atoms. The Labute approximate surface area is 197 Å². The maximum Gasteiger partial charge on any atom is 0.409 e. The van der Waals surface area contributed by atoms with E-state index in [0.29, 0.717) is 51.3 Å². The first kappa shape index (κ1) is 25.3. The number of likely N-dealkylation sites (tertiary alicyclic amines) is 1. The summed E-state index contributed by atoms with van der Waals surface area (Å²) in [5.41, 5.74) is 1.38. The van der Waals surface area contributed by atoms with E-state index in [9.17, 15) is 18.0 Å². The lowest BCUT2D eigenvalue weighted by Gasteiger charge is -2.31. The number of rotatable bonds is 8. The van der Waals surface area contributed by atoms with Gasteiger partial charge < -0.3 is 19.9 Å². The number of hydrogen-bond donors (Lipinski definition) is 1. The zero-order valence-corrected chi connectivity index (χ0v) is 20.7. The van der Waals surface area contributed by atoms with Crippen LogP contribution in [-0.4, -0.2) is 75.5 Å². The SMILES string of the molecule is CCOC(=O)N1CCC(C(=O)Nc2cc(S(=O)(=O)N(CC)CC)ccc2N2CCCC2)CC1. The van der Waals surface area contributed by atoms with Crippen LogP contribution in [0.2, 0.25) is 0 Å². The van der Waals surface area contributed by atoms with Crippen molar-refractivity contribution in [3.05, 3.63) is 18.2 Å². The van der Waals surface area contributed by atoms with Crippen LogP contribution in [0, 0.1) is 5.92 Å². The number of benzene rings is 1. The van der Waals surface area contributed by atoms with Gasteiger partial charge in [0.1, 0.15) is 0 Å². The summed E-state index contributed by atoms with van der Waals surface area (Å²) in [6, 6.07) is 5.03. The molecule has 0 aliphatic carbocycles. The second kappa shape index (κ2) is 11.2. The Hall–Kier alpha value is -2.33. The minimum absolute atomic E-state index is 0.142. The second-order valence-corrected chi connectivity index (χ2v) is 10.3. The number of sulfonamides is 1. The number of nitrogens with one attached hydrogen (secondary N) is 1. The molecule has 9 nitrogen and oxygen atoms in total. The van der Waals surface area contributed by atoms with Crippen LogP contribution in [0.15, 0.2) is 23.1 Å². The Bertz CT molecular complexity index is 934. The smallest absolute Gasteiger partial charge is 0.409 e. The fourth-order valence-electron chi connectivity index (χ4n) is 4.50. The monoisotopic (exact) mass is 480 g/mol. The second-order valence-electron chi connectivity index (χ2n) is 8.41. The molecule has 3 rings (SSSR count). The fourth-order valence-corrected chi connectivity index (χ4v) is 5.98. The Kier molecular flexibility index (Phi) is 8.58. The highest BCUT2D eigenvalue weighted by Crippen LogP contribution is 2.33. The third-order valence-corrected chi connectivity index (χ3v) is 8.45. The molecule has 1 aromatic rings. The molecule has 0 bridgehead atoms. The van der Waals surface area contributed by atoms with Gasteiger partial charge in [-0.15, -0.1) is 0 Å². The van der Waals surface area contributed by atoms with E-state index >= 15 is 0 Å². The molecule has 33 heavy (non-hydrogen) atoms. The third-order valence-electron chi connectivity index (χ3n) is 6.41. The van der Waals surface area contributed by atoms with Gasteiger partial charge in [0.2, 0.25) is 15.9 Å². The van der Waals surface area contributed by atoms with E-state index in [1.54, 1.807) is 30.0 Å². The Balaban J connectivity index is 1.80. The number of hydrogen-bond acceptors (Lipinski definition) is 6. The van der Waals surface area contributed by atoms with E-state index in [4.69, 9.17) is 4.74 Å². The van der Waals surface area contributed by atoms with E-state index in [1.165, 1.54) is 4.31 Å². The van der Waals surface area contributed by atoms with Gasteiger partial charge in [0.05, 0.1) is 22.9 Å².